The van der Waals surface area contributed by atoms with Crippen LogP contribution in [-0.2, 0) is 0 Å². The molecule has 2 aliphatic rings. The second-order valence-corrected chi connectivity index (χ2v) is 8.70. The number of hydrogen-bond acceptors (Lipinski definition) is 4. The van der Waals surface area contributed by atoms with Gasteiger partial charge in [-0.1, -0.05) is 39.0 Å². The van der Waals surface area contributed by atoms with Crippen molar-refractivity contribution in [3.63, 3.8) is 0 Å². The molecule has 2 fully saturated rings. The molecule has 0 spiro atoms. The fraction of sp³-hybridized carbons (Fsp3) is 1.00. The second-order valence-electron chi connectivity index (χ2n) is 8.70. The summed E-state index contributed by atoms with van der Waals surface area (Å²) in [6.45, 7) is 6.50. The molecule has 142 valence electrons. The molecule has 0 aromatic rings. The van der Waals surface area contributed by atoms with E-state index in [1.807, 2.05) is 0 Å². The number of unbranched alkanes of at least 4 members (excludes halogenated alkanes) is 2. The van der Waals surface area contributed by atoms with Crippen LogP contribution in [0.2, 0.25) is 0 Å². The lowest BCUT2D eigenvalue weighted by molar-refractivity contribution is 0.213. The summed E-state index contributed by atoms with van der Waals surface area (Å²) in [5.74, 6) is 0. The predicted molar refractivity (Wildman–Crippen MR) is 104 cm³/mol. The van der Waals surface area contributed by atoms with Crippen molar-refractivity contribution in [3.05, 3.63) is 0 Å². The Morgan fingerprint density at radius 1 is 1.25 bits per heavy atom. The molecule has 1 saturated carbocycles. The van der Waals surface area contributed by atoms with Gasteiger partial charge >= 0.3 is 0 Å². The van der Waals surface area contributed by atoms with Crippen molar-refractivity contribution >= 4 is 0 Å². The molecular weight excluding hydrogens is 296 g/mol. The molecule has 0 bridgehead atoms. The van der Waals surface area contributed by atoms with Gasteiger partial charge in [0.2, 0.25) is 0 Å². The van der Waals surface area contributed by atoms with Crippen LogP contribution >= 0.6 is 0 Å². The molecule has 1 aliphatic heterocycles. The van der Waals surface area contributed by atoms with E-state index in [0.29, 0.717) is 23.5 Å². The van der Waals surface area contributed by atoms with Crippen LogP contribution in [0.4, 0.5) is 0 Å². The van der Waals surface area contributed by atoms with Crippen molar-refractivity contribution in [1.29, 1.82) is 0 Å². The van der Waals surface area contributed by atoms with Gasteiger partial charge in [0.1, 0.15) is 0 Å². The normalized spacial score (nSPS) is 31.2. The van der Waals surface area contributed by atoms with Crippen LogP contribution in [0.15, 0.2) is 0 Å². The molecule has 1 aliphatic carbocycles. The Bertz CT molecular complexity index is 339. The van der Waals surface area contributed by atoms with Crippen molar-refractivity contribution in [2.45, 2.75) is 109 Å². The van der Waals surface area contributed by atoms with E-state index < -0.39 is 0 Å². The van der Waals surface area contributed by atoms with E-state index in [1.165, 1.54) is 70.6 Å². The molecule has 24 heavy (non-hydrogen) atoms. The van der Waals surface area contributed by atoms with Gasteiger partial charge in [-0.3, -0.25) is 0 Å². The molecular formula is C20H42N4. The van der Waals surface area contributed by atoms with Crippen LogP contribution in [0, 0.1) is 5.41 Å². The fourth-order valence-electron chi connectivity index (χ4n) is 4.99. The Labute approximate surface area is 149 Å². The van der Waals surface area contributed by atoms with Gasteiger partial charge in [-0.2, -0.15) is 0 Å². The number of hydrogen-bond donors (Lipinski definition) is 4. The van der Waals surface area contributed by atoms with Gasteiger partial charge in [0.15, 0.2) is 0 Å². The highest BCUT2D eigenvalue weighted by molar-refractivity contribution is 4.93. The van der Waals surface area contributed by atoms with Gasteiger partial charge < -0.3 is 22.1 Å². The van der Waals surface area contributed by atoms with Gasteiger partial charge in [-0.15, -0.1) is 0 Å². The Balaban J connectivity index is 1.74. The Hall–Kier alpha value is -0.160. The molecule has 2 rings (SSSR count). The molecule has 1 heterocycles. The van der Waals surface area contributed by atoms with Crippen molar-refractivity contribution in [2.75, 3.05) is 13.1 Å². The number of rotatable bonds is 10. The third-order valence-electron chi connectivity index (χ3n) is 6.33. The van der Waals surface area contributed by atoms with Crippen molar-refractivity contribution in [2.24, 2.45) is 16.9 Å². The molecule has 1 saturated heterocycles. The smallest absolute Gasteiger partial charge is 0.0322 e. The zero-order valence-corrected chi connectivity index (χ0v) is 16.2. The third kappa shape index (κ3) is 6.29. The number of piperidine rings is 1. The Morgan fingerprint density at radius 3 is 2.67 bits per heavy atom. The molecule has 0 aromatic carbocycles. The summed E-state index contributed by atoms with van der Waals surface area (Å²) >= 11 is 0. The maximum absolute atomic E-state index is 6.36. The van der Waals surface area contributed by atoms with E-state index in [1.54, 1.807) is 0 Å². The van der Waals surface area contributed by atoms with Crippen molar-refractivity contribution < 1.29 is 0 Å². The largest absolute Gasteiger partial charge is 0.328 e. The number of nitrogens with one attached hydrogen (secondary N) is 2. The van der Waals surface area contributed by atoms with Crippen LogP contribution in [0.25, 0.3) is 0 Å². The SMILES string of the molecule is CCCCCC1CC(NCCC2(CC(C)N)CCCC2)C(N)CN1. The quantitative estimate of drug-likeness (QED) is 0.462. The van der Waals surface area contributed by atoms with E-state index in [9.17, 15) is 0 Å². The summed E-state index contributed by atoms with van der Waals surface area (Å²) in [5, 5.41) is 7.45. The summed E-state index contributed by atoms with van der Waals surface area (Å²) in [4.78, 5) is 0. The molecule has 0 aromatic heterocycles. The standard InChI is InChI=1S/C20H42N4/c1-3-4-5-8-17-13-19(18(22)15-24-17)23-12-11-20(14-16(2)21)9-6-7-10-20/h16-19,23-24H,3-15,21-22H2,1-2H3. The maximum Gasteiger partial charge on any atom is 0.0322 e. The first-order valence-electron chi connectivity index (χ1n) is 10.5. The molecule has 4 unspecified atom stereocenters. The van der Waals surface area contributed by atoms with E-state index in [4.69, 9.17) is 11.5 Å². The van der Waals surface area contributed by atoms with Crippen LogP contribution in [0.1, 0.15) is 84.5 Å². The highest BCUT2D eigenvalue weighted by Crippen LogP contribution is 2.44. The van der Waals surface area contributed by atoms with Crippen molar-refractivity contribution in [3.8, 4) is 0 Å². The molecule has 4 nitrogen and oxygen atoms in total. The van der Waals surface area contributed by atoms with Gasteiger partial charge in [-0.05, 0) is 57.4 Å². The fourth-order valence-corrected chi connectivity index (χ4v) is 4.99. The molecule has 0 radical (unpaired) electrons. The Morgan fingerprint density at radius 2 is 2.00 bits per heavy atom. The monoisotopic (exact) mass is 338 g/mol. The molecule has 6 N–H and O–H groups in total. The summed E-state index contributed by atoms with van der Waals surface area (Å²) in [6, 6.07) is 1.71. The lowest BCUT2D eigenvalue weighted by Gasteiger charge is -2.37. The van der Waals surface area contributed by atoms with Gasteiger partial charge in [0.05, 0.1) is 0 Å². The predicted octanol–water partition coefficient (Wildman–Crippen LogP) is 2.90. The first kappa shape index (κ1) is 20.2. The van der Waals surface area contributed by atoms with Crippen LogP contribution in [0.3, 0.4) is 0 Å². The average Bonchev–Trinajstić information content (AvgIpc) is 2.98. The summed E-state index contributed by atoms with van der Waals surface area (Å²) in [6.07, 6.45) is 14.4. The maximum atomic E-state index is 6.36. The summed E-state index contributed by atoms with van der Waals surface area (Å²) < 4.78 is 0. The number of nitrogens with two attached hydrogens (primary N) is 2. The first-order chi connectivity index (χ1) is 11.5. The van der Waals surface area contributed by atoms with Crippen LogP contribution in [0.5, 0.6) is 0 Å². The van der Waals surface area contributed by atoms with E-state index in [2.05, 4.69) is 24.5 Å². The molecule has 0 amide bonds. The lowest BCUT2D eigenvalue weighted by atomic mass is 9.77. The zero-order chi connectivity index (χ0) is 17.4. The van der Waals surface area contributed by atoms with E-state index in [0.717, 1.165) is 13.1 Å². The third-order valence-corrected chi connectivity index (χ3v) is 6.33. The second kappa shape index (κ2) is 10.1. The summed E-state index contributed by atoms with van der Waals surface area (Å²) in [7, 11) is 0. The first-order valence-corrected chi connectivity index (χ1v) is 10.5. The van der Waals surface area contributed by atoms with Crippen LogP contribution < -0.4 is 22.1 Å². The lowest BCUT2D eigenvalue weighted by Crippen LogP contribution is -2.59. The topological polar surface area (TPSA) is 76.1 Å². The zero-order valence-electron chi connectivity index (χ0n) is 16.2. The minimum absolute atomic E-state index is 0.250. The van der Waals surface area contributed by atoms with E-state index in [-0.39, 0.29) is 6.04 Å². The highest BCUT2D eigenvalue weighted by Gasteiger charge is 2.34. The van der Waals surface area contributed by atoms with Crippen molar-refractivity contribution in [1.82, 2.24) is 10.6 Å². The van der Waals surface area contributed by atoms with Gasteiger partial charge in [0, 0.05) is 30.7 Å². The molecule has 4 heteroatoms. The van der Waals surface area contributed by atoms with Gasteiger partial charge in [-0.25, -0.2) is 0 Å². The van der Waals surface area contributed by atoms with Crippen LogP contribution in [-0.4, -0.2) is 37.3 Å². The van der Waals surface area contributed by atoms with E-state index >= 15 is 0 Å². The highest BCUT2D eigenvalue weighted by atomic mass is 15.0. The Kier molecular flexibility index (Phi) is 8.48. The minimum atomic E-state index is 0.250. The van der Waals surface area contributed by atoms with Gasteiger partial charge in [0.25, 0.3) is 0 Å². The average molecular weight is 339 g/mol. The molecule has 4 atom stereocenters. The minimum Gasteiger partial charge on any atom is -0.328 e. The summed E-state index contributed by atoms with van der Waals surface area (Å²) in [5.41, 5.74) is 13.0.